The molecule has 92 valence electrons. The molecule has 1 rings (SSSR count). The molecule has 0 saturated heterocycles. The highest BCUT2D eigenvalue weighted by atomic mass is 16.5. The Hall–Kier alpha value is -2.11. The SMILES string of the molecule is COc1ncc(C=CCNC(C)=O)c(OC)n1. The minimum atomic E-state index is -0.0763. The third-order valence-corrected chi connectivity index (χ3v) is 1.90. The normalized spacial score (nSPS) is 10.3. The first kappa shape index (κ1) is 13.0. The van der Waals surface area contributed by atoms with Crippen molar-refractivity contribution in [2.75, 3.05) is 20.8 Å². The molecule has 0 aliphatic heterocycles. The largest absolute Gasteiger partial charge is 0.480 e. The smallest absolute Gasteiger partial charge is 0.319 e. The van der Waals surface area contributed by atoms with Gasteiger partial charge in [-0.05, 0) is 0 Å². The van der Waals surface area contributed by atoms with Crippen molar-refractivity contribution in [3.05, 3.63) is 17.8 Å². The Bertz CT molecular complexity index is 418. The Morgan fingerprint density at radius 2 is 2.24 bits per heavy atom. The van der Waals surface area contributed by atoms with E-state index < -0.39 is 0 Å². The molecule has 0 saturated carbocycles. The Kier molecular flexibility index (Phi) is 4.93. The van der Waals surface area contributed by atoms with E-state index >= 15 is 0 Å². The van der Waals surface area contributed by atoms with Gasteiger partial charge in [-0.25, -0.2) is 4.98 Å². The molecule has 0 aliphatic carbocycles. The highest BCUT2D eigenvalue weighted by molar-refractivity contribution is 5.73. The molecule has 6 nitrogen and oxygen atoms in total. The van der Waals surface area contributed by atoms with Gasteiger partial charge in [0.1, 0.15) is 0 Å². The van der Waals surface area contributed by atoms with E-state index in [4.69, 9.17) is 9.47 Å². The van der Waals surface area contributed by atoms with Crippen LogP contribution in [-0.4, -0.2) is 36.6 Å². The average molecular weight is 237 g/mol. The maximum absolute atomic E-state index is 10.7. The Morgan fingerprint density at radius 3 is 2.82 bits per heavy atom. The lowest BCUT2D eigenvalue weighted by Crippen LogP contribution is -2.19. The van der Waals surface area contributed by atoms with Gasteiger partial charge in [0.2, 0.25) is 11.8 Å². The highest BCUT2D eigenvalue weighted by Gasteiger charge is 2.04. The van der Waals surface area contributed by atoms with Crippen LogP contribution in [0.25, 0.3) is 6.08 Å². The van der Waals surface area contributed by atoms with E-state index in [1.54, 1.807) is 18.3 Å². The van der Waals surface area contributed by atoms with E-state index in [0.29, 0.717) is 12.4 Å². The van der Waals surface area contributed by atoms with Crippen LogP contribution in [0.4, 0.5) is 0 Å². The van der Waals surface area contributed by atoms with Crippen LogP contribution < -0.4 is 14.8 Å². The minimum absolute atomic E-state index is 0.0763. The topological polar surface area (TPSA) is 73.3 Å². The monoisotopic (exact) mass is 237 g/mol. The molecule has 0 spiro atoms. The van der Waals surface area contributed by atoms with Crippen LogP contribution >= 0.6 is 0 Å². The number of amides is 1. The Balaban J connectivity index is 2.73. The number of hydrogen-bond acceptors (Lipinski definition) is 5. The van der Waals surface area contributed by atoms with Gasteiger partial charge in [0.25, 0.3) is 0 Å². The molecule has 1 N–H and O–H groups in total. The summed E-state index contributed by atoms with van der Waals surface area (Å²) in [6.07, 6.45) is 5.15. The number of carbonyl (C=O) groups excluding carboxylic acids is 1. The standard InChI is InChI=1S/C11H15N3O3/c1-8(15)12-6-4-5-9-7-13-11(17-3)14-10(9)16-2/h4-5,7H,6H2,1-3H3,(H,12,15). The van der Waals surface area contributed by atoms with Gasteiger partial charge < -0.3 is 14.8 Å². The van der Waals surface area contributed by atoms with Crippen molar-refractivity contribution in [3.8, 4) is 11.9 Å². The van der Waals surface area contributed by atoms with E-state index in [1.807, 2.05) is 0 Å². The summed E-state index contributed by atoms with van der Waals surface area (Å²) in [5, 5.41) is 2.64. The summed E-state index contributed by atoms with van der Waals surface area (Å²) in [5.74, 6) is 0.350. The van der Waals surface area contributed by atoms with E-state index in [0.717, 1.165) is 5.56 Å². The van der Waals surface area contributed by atoms with Crippen molar-refractivity contribution in [2.45, 2.75) is 6.92 Å². The quantitative estimate of drug-likeness (QED) is 0.813. The van der Waals surface area contributed by atoms with Crippen molar-refractivity contribution in [1.82, 2.24) is 15.3 Å². The van der Waals surface area contributed by atoms with E-state index in [9.17, 15) is 4.79 Å². The van der Waals surface area contributed by atoms with Crippen molar-refractivity contribution >= 4 is 12.0 Å². The summed E-state index contributed by atoms with van der Waals surface area (Å²) < 4.78 is 9.98. The minimum Gasteiger partial charge on any atom is -0.480 e. The predicted octanol–water partition coefficient (Wildman–Crippen LogP) is 0.643. The number of rotatable bonds is 5. The van der Waals surface area contributed by atoms with Crippen LogP contribution in [0.5, 0.6) is 11.9 Å². The molecule has 0 aromatic carbocycles. The Morgan fingerprint density at radius 1 is 1.47 bits per heavy atom. The van der Waals surface area contributed by atoms with Crippen molar-refractivity contribution in [2.24, 2.45) is 0 Å². The number of methoxy groups -OCH3 is 2. The predicted molar refractivity (Wildman–Crippen MR) is 62.9 cm³/mol. The van der Waals surface area contributed by atoms with Crippen molar-refractivity contribution in [1.29, 1.82) is 0 Å². The first-order chi connectivity index (χ1) is 8.17. The number of ether oxygens (including phenoxy) is 2. The van der Waals surface area contributed by atoms with Crippen LogP contribution in [0, 0.1) is 0 Å². The van der Waals surface area contributed by atoms with Crippen LogP contribution in [0.15, 0.2) is 12.3 Å². The molecule has 0 radical (unpaired) electrons. The molecule has 0 aliphatic rings. The third kappa shape index (κ3) is 4.10. The molecule has 0 bridgehead atoms. The van der Waals surface area contributed by atoms with Gasteiger partial charge >= 0.3 is 6.01 Å². The number of carbonyl (C=O) groups is 1. The summed E-state index contributed by atoms with van der Waals surface area (Å²) >= 11 is 0. The number of nitrogens with zero attached hydrogens (tertiary/aromatic N) is 2. The second kappa shape index (κ2) is 6.47. The van der Waals surface area contributed by atoms with Gasteiger partial charge in [0.15, 0.2) is 0 Å². The fraction of sp³-hybridized carbons (Fsp3) is 0.364. The molecule has 6 heteroatoms. The Labute approximate surface area is 99.7 Å². The van der Waals surface area contributed by atoms with E-state index in [1.165, 1.54) is 21.1 Å². The molecule has 0 atom stereocenters. The summed E-state index contributed by atoms with van der Waals surface area (Å²) in [6.45, 7) is 1.91. The zero-order valence-corrected chi connectivity index (χ0v) is 10.1. The summed E-state index contributed by atoms with van der Waals surface area (Å²) in [6, 6.07) is 0.251. The first-order valence-electron chi connectivity index (χ1n) is 5.03. The zero-order valence-electron chi connectivity index (χ0n) is 10.1. The zero-order chi connectivity index (χ0) is 12.7. The van der Waals surface area contributed by atoms with Gasteiger partial charge in [-0.2, -0.15) is 4.98 Å². The van der Waals surface area contributed by atoms with Gasteiger partial charge in [-0.3, -0.25) is 4.79 Å². The van der Waals surface area contributed by atoms with Gasteiger partial charge in [-0.15, -0.1) is 0 Å². The van der Waals surface area contributed by atoms with Crippen LogP contribution in [0.3, 0.4) is 0 Å². The molecule has 1 amide bonds. The molecule has 1 heterocycles. The molecule has 0 fully saturated rings. The lowest BCUT2D eigenvalue weighted by molar-refractivity contribution is -0.118. The van der Waals surface area contributed by atoms with Crippen LogP contribution in [-0.2, 0) is 4.79 Å². The second-order valence-electron chi connectivity index (χ2n) is 3.16. The molecule has 17 heavy (non-hydrogen) atoms. The lowest BCUT2D eigenvalue weighted by Gasteiger charge is -2.04. The molecule has 1 aromatic heterocycles. The van der Waals surface area contributed by atoms with Crippen LogP contribution in [0.2, 0.25) is 0 Å². The van der Waals surface area contributed by atoms with Crippen molar-refractivity contribution in [3.63, 3.8) is 0 Å². The van der Waals surface area contributed by atoms with Gasteiger partial charge in [0.05, 0.1) is 19.8 Å². The average Bonchev–Trinajstić information content (AvgIpc) is 2.34. The molecule has 0 unspecified atom stereocenters. The maximum atomic E-state index is 10.7. The third-order valence-electron chi connectivity index (χ3n) is 1.90. The summed E-state index contributed by atoms with van der Waals surface area (Å²) in [7, 11) is 3.01. The summed E-state index contributed by atoms with van der Waals surface area (Å²) in [4.78, 5) is 18.6. The van der Waals surface area contributed by atoms with Crippen molar-refractivity contribution < 1.29 is 14.3 Å². The maximum Gasteiger partial charge on any atom is 0.319 e. The number of aromatic nitrogens is 2. The van der Waals surface area contributed by atoms with E-state index in [2.05, 4.69) is 15.3 Å². The molecular weight excluding hydrogens is 222 g/mol. The number of nitrogens with one attached hydrogen (secondary N) is 1. The van der Waals surface area contributed by atoms with Gasteiger partial charge in [-0.1, -0.05) is 12.2 Å². The lowest BCUT2D eigenvalue weighted by atomic mass is 10.3. The van der Waals surface area contributed by atoms with Gasteiger partial charge in [0, 0.05) is 19.7 Å². The molecule has 1 aromatic rings. The first-order valence-corrected chi connectivity index (χ1v) is 5.03. The van der Waals surface area contributed by atoms with E-state index in [-0.39, 0.29) is 11.9 Å². The van der Waals surface area contributed by atoms with Crippen LogP contribution in [0.1, 0.15) is 12.5 Å². The highest BCUT2D eigenvalue weighted by Crippen LogP contribution is 2.18. The summed E-state index contributed by atoms with van der Waals surface area (Å²) in [5.41, 5.74) is 0.721. The second-order valence-corrected chi connectivity index (χ2v) is 3.16. The fourth-order valence-corrected chi connectivity index (χ4v) is 1.12. The molecular formula is C11H15N3O3. The number of hydrogen-bond donors (Lipinski definition) is 1. The fourth-order valence-electron chi connectivity index (χ4n) is 1.12.